The second-order valence-corrected chi connectivity index (χ2v) is 4.82. The molecular formula is C10H19N. The summed E-state index contributed by atoms with van der Waals surface area (Å²) >= 11 is 0. The first kappa shape index (κ1) is 7.60. The Kier molecular flexibility index (Phi) is 1.54. The van der Waals surface area contributed by atoms with Gasteiger partial charge in [-0.2, -0.15) is 0 Å². The Morgan fingerprint density at radius 3 is 2.73 bits per heavy atom. The summed E-state index contributed by atoms with van der Waals surface area (Å²) < 4.78 is 0. The summed E-state index contributed by atoms with van der Waals surface area (Å²) in [6.07, 6.45) is 5.45. The van der Waals surface area contributed by atoms with Crippen LogP contribution in [0.5, 0.6) is 0 Å². The monoisotopic (exact) mass is 153 g/mol. The van der Waals surface area contributed by atoms with Gasteiger partial charge in [-0.25, -0.2) is 0 Å². The lowest BCUT2D eigenvalue weighted by Gasteiger charge is -2.28. The molecule has 0 aromatic rings. The summed E-state index contributed by atoms with van der Waals surface area (Å²) in [7, 11) is 0. The van der Waals surface area contributed by atoms with Crippen molar-refractivity contribution >= 4 is 0 Å². The largest absolute Gasteiger partial charge is 0.328 e. The zero-order chi connectivity index (χ0) is 8.06. The summed E-state index contributed by atoms with van der Waals surface area (Å²) in [4.78, 5) is 0. The van der Waals surface area contributed by atoms with Crippen molar-refractivity contribution in [1.29, 1.82) is 0 Å². The zero-order valence-corrected chi connectivity index (χ0v) is 7.64. The van der Waals surface area contributed by atoms with Crippen molar-refractivity contribution in [2.45, 2.75) is 45.6 Å². The minimum atomic E-state index is 0.523. The van der Waals surface area contributed by atoms with Gasteiger partial charge in [0.25, 0.3) is 0 Å². The van der Waals surface area contributed by atoms with Gasteiger partial charge in [0, 0.05) is 6.04 Å². The molecule has 2 aliphatic carbocycles. The lowest BCUT2D eigenvalue weighted by Crippen LogP contribution is -2.29. The SMILES string of the molecule is CC(C)C12CCC(N)CC1C2. The molecule has 0 aliphatic heterocycles. The fraction of sp³-hybridized carbons (Fsp3) is 1.00. The maximum Gasteiger partial charge on any atom is 0.00418 e. The molecule has 0 aromatic carbocycles. The fourth-order valence-electron chi connectivity index (χ4n) is 2.96. The van der Waals surface area contributed by atoms with E-state index in [0.717, 1.165) is 17.3 Å². The Hall–Kier alpha value is -0.0400. The van der Waals surface area contributed by atoms with Gasteiger partial charge in [0.15, 0.2) is 0 Å². The average molecular weight is 153 g/mol. The summed E-state index contributed by atoms with van der Waals surface area (Å²) in [6, 6.07) is 0.523. The van der Waals surface area contributed by atoms with E-state index >= 15 is 0 Å². The van der Waals surface area contributed by atoms with E-state index in [1.165, 1.54) is 25.7 Å². The molecule has 2 rings (SSSR count). The number of hydrogen-bond acceptors (Lipinski definition) is 1. The van der Waals surface area contributed by atoms with E-state index in [2.05, 4.69) is 13.8 Å². The third kappa shape index (κ3) is 1.01. The van der Waals surface area contributed by atoms with Crippen LogP contribution in [0.25, 0.3) is 0 Å². The molecule has 1 heteroatoms. The Labute approximate surface area is 69.4 Å². The van der Waals surface area contributed by atoms with Gasteiger partial charge in [-0.1, -0.05) is 13.8 Å². The van der Waals surface area contributed by atoms with Crippen LogP contribution in [-0.4, -0.2) is 6.04 Å². The molecule has 2 N–H and O–H groups in total. The lowest BCUT2D eigenvalue weighted by molar-refractivity contribution is 0.236. The van der Waals surface area contributed by atoms with E-state index in [0.29, 0.717) is 6.04 Å². The molecule has 64 valence electrons. The topological polar surface area (TPSA) is 26.0 Å². The van der Waals surface area contributed by atoms with Crippen LogP contribution in [0, 0.1) is 17.3 Å². The Bertz CT molecular complexity index is 164. The summed E-state index contributed by atoms with van der Waals surface area (Å²) in [5.41, 5.74) is 6.66. The van der Waals surface area contributed by atoms with Gasteiger partial charge in [-0.05, 0) is 42.9 Å². The Morgan fingerprint density at radius 2 is 2.18 bits per heavy atom. The van der Waals surface area contributed by atoms with Crippen LogP contribution < -0.4 is 5.73 Å². The number of hydrogen-bond donors (Lipinski definition) is 1. The second kappa shape index (κ2) is 2.22. The summed E-state index contributed by atoms with van der Waals surface area (Å²) in [5.74, 6) is 1.88. The van der Waals surface area contributed by atoms with Crippen molar-refractivity contribution in [2.75, 3.05) is 0 Å². The minimum absolute atomic E-state index is 0.523. The maximum atomic E-state index is 5.91. The van der Waals surface area contributed by atoms with Crippen LogP contribution in [0.4, 0.5) is 0 Å². The first-order chi connectivity index (χ1) is 5.15. The molecule has 0 spiro atoms. The zero-order valence-electron chi connectivity index (χ0n) is 7.64. The van der Waals surface area contributed by atoms with Gasteiger partial charge in [-0.15, -0.1) is 0 Å². The molecule has 0 aromatic heterocycles. The molecule has 2 fully saturated rings. The first-order valence-corrected chi connectivity index (χ1v) is 4.91. The molecule has 2 aliphatic rings. The predicted octanol–water partition coefficient (Wildman–Crippen LogP) is 2.16. The van der Waals surface area contributed by atoms with Crippen molar-refractivity contribution in [3.63, 3.8) is 0 Å². The molecule has 3 unspecified atom stereocenters. The molecule has 0 amide bonds. The van der Waals surface area contributed by atoms with Crippen LogP contribution in [0.2, 0.25) is 0 Å². The van der Waals surface area contributed by atoms with Crippen LogP contribution in [-0.2, 0) is 0 Å². The lowest BCUT2D eigenvalue weighted by atomic mass is 9.79. The molecule has 2 saturated carbocycles. The van der Waals surface area contributed by atoms with Gasteiger partial charge >= 0.3 is 0 Å². The minimum Gasteiger partial charge on any atom is -0.328 e. The molecule has 3 atom stereocenters. The van der Waals surface area contributed by atoms with Gasteiger partial charge in [0.1, 0.15) is 0 Å². The van der Waals surface area contributed by atoms with Crippen LogP contribution in [0.1, 0.15) is 39.5 Å². The predicted molar refractivity (Wildman–Crippen MR) is 47.2 cm³/mol. The molecular weight excluding hydrogens is 134 g/mol. The highest BCUT2D eigenvalue weighted by Crippen LogP contribution is 2.65. The van der Waals surface area contributed by atoms with Gasteiger partial charge < -0.3 is 5.73 Å². The molecule has 0 bridgehead atoms. The van der Waals surface area contributed by atoms with Crippen molar-refractivity contribution < 1.29 is 0 Å². The van der Waals surface area contributed by atoms with Gasteiger partial charge in [0.2, 0.25) is 0 Å². The van der Waals surface area contributed by atoms with E-state index in [1.54, 1.807) is 0 Å². The van der Waals surface area contributed by atoms with Crippen LogP contribution in [0.15, 0.2) is 0 Å². The van der Waals surface area contributed by atoms with Gasteiger partial charge in [0.05, 0.1) is 0 Å². The fourth-order valence-corrected chi connectivity index (χ4v) is 2.96. The highest BCUT2D eigenvalue weighted by Gasteiger charge is 2.57. The third-order valence-corrected chi connectivity index (χ3v) is 4.00. The highest BCUT2D eigenvalue weighted by molar-refractivity contribution is 5.08. The van der Waals surface area contributed by atoms with E-state index in [-0.39, 0.29) is 0 Å². The van der Waals surface area contributed by atoms with Crippen LogP contribution >= 0.6 is 0 Å². The molecule has 0 heterocycles. The number of rotatable bonds is 1. The smallest absolute Gasteiger partial charge is 0.00418 e. The number of fused-ring (bicyclic) bond motifs is 1. The average Bonchev–Trinajstić information content (AvgIpc) is 2.62. The van der Waals surface area contributed by atoms with Gasteiger partial charge in [-0.3, -0.25) is 0 Å². The molecule has 0 radical (unpaired) electrons. The van der Waals surface area contributed by atoms with Crippen LogP contribution in [0.3, 0.4) is 0 Å². The summed E-state index contributed by atoms with van der Waals surface area (Å²) in [6.45, 7) is 4.74. The van der Waals surface area contributed by atoms with E-state index in [9.17, 15) is 0 Å². The molecule has 0 saturated heterocycles. The normalized spacial score (nSPS) is 49.1. The van der Waals surface area contributed by atoms with Crippen molar-refractivity contribution in [3.8, 4) is 0 Å². The number of nitrogens with two attached hydrogens (primary N) is 1. The van der Waals surface area contributed by atoms with Crippen molar-refractivity contribution in [3.05, 3.63) is 0 Å². The quantitative estimate of drug-likeness (QED) is 0.614. The Balaban J connectivity index is 2.02. The van der Waals surface area contributed by atoms with Crippen molar-refractivity contribution in [2.24, 2.45) is 23.0 Å². The molecule has 1 nitrogen and oxygen atoms in total. The van der Waals surface area contributed by atoms with E-state index in [1.807, 2.05) is 0 Å². The Morgan fingerprint density at radius 1 is 1.45 bits per heavy atom. The second-order valence-electron chi connectivity index (χ2n) is 4.82. The standard InChI is InChI=1S/C10H19N/c1-7(2)10-4-3-9(11)5-8(10)6-10/h7-9H,3-6,11H2,1-2H3. The highest BCUT2D eigenvalue weighted by atomic mass is 14.7. The van der Waals surface area contributed by atoms with Crippen molar-refractivity contribution in [1.82, 2.24) is 0 Å². The molecule has 11 heavy (non-hydrogen) atoms. The summed E-state index contributed by atoms with van der Waals surface area (Å²) in [5, 5.41) is 0. The third-order valence-electron chi connectivity index (χ3n) is 4.00. The van der Waals surface area contributed by atoms with E-state index < -0.39 is 0 Å². The maximum absolute atomic E-state index is 5.91. The van der Waals surface area contributed by atoms with E-state index in [4.69, 9.17) is 5.73 Å². The first-order valence-electron chi connectivity index (χ1n) is 4.91.